The summed E-state index contributed by atoms with van der Waals surface area (Å²) >= 11 is 1.36. The van der Waals surface area contributed by atoms with Crippen LogP contribution in [0.2, 0.25) is 0 Å². The molecule has 2 amide bonds. The summed E-state index contributed by atoms with van der Waals surface area (Å²) in [4.78, 5) is 83.8. The van der Waals surface area contributed by atoms with Gasteiger partial charge in [-0.15, -0.1) is 11.3 Å². The third kappa shape index (κ3) is 9.48. The molecule has 1 aromatic heterocycles. The number of rotatable bonds is 9. The largest absolute Gasteiger partial charge is 0.456 e. The van der Waals surface area contributed by atoms with Crippen LogP contribution in [-0.2, 0) is 28.5 Å². The van der Waals surface area contributed by atoms with Crippen molar-refractivity contribution < 1.29 is 47.7 Å². The van der Waals surface area contributed by atoms with Crippen LogP contribution in [0.3, 0.4) is 0 Å². The number of carbonyl (C=O) groups is 6. The summed E-state index contributed by atoms with van der Waals surface area (Å²) < 4.78 is 22.2. The van der Waals surface area contributed by atoms with E-state index in [0.29, 0.717) is 60.4 Å². The van der Waals surface area contributed by atoms with Gasteiger partial charge in [0, 0.05) is 29.8 Å². The monoisotopic (exact) mass is 721 g/mol. The number of hydrogen-bond donors (Lipinski definition) is 0. The molecule has 0 bridgehead atoms. The van der Waals surface area contributed by atoms with E-state index in [2.05, 4.69) is 4.98 Å². The lowest BCUT2D eigenvalue weighted by atomic mass is 10.1. The van der Waals surface area contributed by atoms with E-state index in [1.54, 1.807) is 84.0 Å². The zero-order valence-electron chi connectivity index (χ0n) is 29.7. The summed E-state index contributed by atoms with van der Waals surface area (Å²) in [7, 11) is 0. The van der Waals surface area contributed by atoms with Crippen molar-refractivity contribution in [2.75, 3.05) is 26.3 Å². The second-order valence-electron chi connectivity index (χ2n) is 14.5. The van der Waals surface area contributed by atoms with Gasteiger partial charge in [0.2, 0.25) is 0 Å². The fourth-order valence-corrected chi connectivity index (χ4v) is 6.76. The minimum Gasteiger partial charge on any atom is -0.456 e. The van der Waals surface area contributed by atoms with E-state index in [0.717, 1.165) is 10.3 Å². The molecule has 5 rings (SSSR count). The molecule has 51 heavy (non-hydrogen) atoms. The predicted octanol–water partition coefficient (Wildman–Crippen LogP) is 6.21. The van der Waals surface area contributed by atoms with Crippen LogP contribution >= 0.6 is 11.3 Å². The Morgan fingerprint density at radius 2 is 1.18 bits per heavy atom. The Hall–Kier alpha value is -4.85. The molecule has 0 aliphatic carbocycles. The summed E-state index contributed by atoms with van der Waals surface area (Å²) in [6.07, 6.45) is 0.950. The molecular formula is C37H43N3O10S. The Kier molecular flexibility index (Phi) is 11.1. The molecule has 14 heteroatoms. The van der Waals surface area contributed by atoms with Gasteiger partial charge in [-0.2, -0.15) is 0 Å². The molecule has 2 aromatic carbocycles. The highest BCUT2D eigenvalue weighted by atomic mass is 32.1. The van der Waals surface area contributed by atoms with Gasteiger partial charge in [-0.1, -0.05) is 24.3 Å². The molecule has 2 saturated heterocycles. The zero-order valence-corrected chi connectivity index (χ0v) is 30.5. The van der Waals surface area contributed by atoms with Gasteiger partial charge in [-0.05, 0) is 85.4 Å². The van der Waals surface area contributed by atoms with E-state index < -0.39 is 72.2 Å². The second kappa shape index (κ2) is 15.2. The van der Waals surface area contributed by atoms with Crippen molar-refractivity contribution in [2.24, 2.45) is 0 Å². The van der Waals surface area contributed by atoms with Gasteiger partial charge >= 0.3 is 24.1 Å². The van der Waals surface area contributed by atoms with Gasteiger partial charge in [0.15, 0.2) is 24.8 Å². The number of esters is 2. The Morgan fingerprint density at radius 3 is 1.67 bits per heavy atom. The van der Waals surface area contributed by atoms with Crippen molar-refractivity contribution in [3.63, 3.8) is 0 Å². The number of thiazole rings is 1. The number of amides is 2. The molecule has 0 spiro atoms. The number of likely N-dealkylation sites (tertiary alicyclic amines) is 2. The van der Waals surface area contributed by atoms with E-state index in [1.807, 2.05) is 0 Å². The summed E-state index contributed by atoms with van der Waals surface area (Å²) in [5, 5.41) is 0.665. The van der Waals surface area contributed by atoms with Gasteiger partial charge < -0.3 is 18.9 Å². The highest BCUT2D eigenvalue weighted by molar-refractivity contribution is 7.21. The first-order valence-electron chi connectivity index (χ1n) is 16.9. The Balaban J connectivity index is 1.15. The lowest BCUT2D eigenvalue weighted by Crippen LogP contribution is -2.44. The molecular weight excluding hydrogens is 678 g/mol. The van der Waals surface area contributed by atoms with Gasteiger partial charge in [0.25, 0.3) is 0 Å². The molecule has 2 aliphatic heterocycles. The molecule has 0 radical (unpaired) electrons. The third-order valence-corrected chi connectivity index (χ3v) is 9.23. The number of ketones is 2. The van der Waals surface area contributed by atoms with Crippen LogP contribution in [0.15, 0.2) is 42.5 Å². The van der Waals surface area contributed by atoms with Crippen molar-refractivity contribution in [3.05, 3.63) is 53.6 Å². The van der Waals surface area contributed by atoms with Crippen molar-refractivity contribution in [2.45, 2.75) is 90.5 Å². The predicted molar refractivity (Wildman–Crippen MR) is 188 cm³/mol. The van der Waals surface area contributed by atoms with Crippen LogP contribution in [0.5, 0.6) is 0 Å². The summed E-state index contributed by atoms with van der Waals surface area (Å²) in [6, 6.07) is 10.1. The molecule has 13 nitrogen and oxygen atoms in total. The lowest BCUT2D eigenvalue weighted by molar-refractivity contribution is -0.148. The smallest absolute Gasteiger partial charge is 0.411 e. The van der Waals surface area contributed by atoms with Gasteiger partial charge in [-0.25, -0.2) is 24.2 Å². The van der Waals surface area contributed by atoms with Crippen LogP contribution in [0, 0.1) is 0 Å². The molecule has 2 fully saturated rings. The average Bonchev–Trinajstić information content (AvgIpc) is 3.84. The van der Waals surface area contributed by atoms with Crippen molar-refractivity contribution in [1.29, 1.82) is 0 Å². The first-order valence-corrected chi connectivity index (χ1v) is 17.7. The fourth-order valence-electron chi connectivity index (χ4n) is 5.75. The normalized spacial score (nSPS) is 17.7. The minimum absolute atomic E-state index is 0.345. The fraction of sp³-hybridized carbons (Fsp3) is 0.486. The van der Waals surface area contributed by atoms with Crippen molar-refractivity contribution >= 4 is 57.2 Å². The summed E-state index contributed by atoms with van der Waals surface area (Å²) in [5.74, 6) is -2.08. The quantitative estimate of drug-likeness (QED) is 0.140. The van der Waals surface area contributed by atoms with Gasteiger partial charge in [0.1, 0.15) is 28.3 Å². The number of carbonyl (C=O) groups excluding carboxylic acids is 6. The second-order valence-corrected chi connectivity index (χ2v) is 15.5. The Labute approximate surface area is 300 Å². The maximum atomic E-state index is 13.0. The minimum atomic E-state index is -0.801. The Morgan fingerprint density at radius 1 is 0.706 bits per heavy atom. The average molecular weight is 722 g/mol. The number of nitrogens with zero attached hydrogens (tertiary/aromatic N) is 3. The van der Waals surface area contributed by atoms with Gasteiger partial charge in [0.05, 0.1) is 10.2 Å². The molecule has 2 aliphatic rings. The molecule has 272 valence electrons. The summed E-state index contributed by atoms with van der Waals surface area (Å²) in [5.41, 5.74) is 0.706. The van der Waals surface area contributed by atoms with E-state index in [-0.39, 0.29) is 0 Å². The van der Waals surface area contributed by atoms with E-state index in [9.17, 15) is 28.8 Å². The first kappa shape index (κ1) is 37.4. The highest BCUT2D eigenvalue weighted by Crippen LogP contribution is 2.31. The van der Waals surface area contributed by atoms with Crippen LogP contribution in [-0.4, -0.2) is 100 Å². The summed E-state index contributed by atoms with van der Waals surface area (Å²) in [6.45, 7) is 10.3. The number of fused-ring (bicyclic) bond motifs is 1. The maximum Gasteiger partial charge on any atom is 0.411 e. The molecule has 2 atom stereocenters. The number of aromatic nitrogens is 1. The van der Waals surface area contributed by atoms with Crippen molar-refractivity contribution in [3.8, 4) is 10.6 Å². The lowest BCUT2D eigenvalue weighted by Gasteiger charge is -2.27. The SMILES string of the molecule is CC(C)(C)OC(=O)N1CCC[C@H]1C(=O)OCC(=O)c1ccc(-c2nc3ccc(C(=O)COC(=O)[C@@H]4CCCN4C(=O)OC(C)(C)C)cc3s2)cc1. The van der Waals surface area contributed by atoms with Crippen LogP contribution < -0.4 is 0 Å². The van der Waals surface area contributed by atoms with E-state index in [1.165, 1.54) is 21.1 Å². The van der Waals surface area contributed by atoms with E-state index >= 15 is 0 Å². The molecule has 0 saturated carbocycles. The van der Waals surface area contributed by atoms with E-state index in [4.69, 9.17) is 18.9 Å². The topological polar surface area (TPSA) is 159 Å². The number of ether oxygens (including phenoxy) is 4. The van der Waals surface area contributed by atoms with Crippen LogP contribution in [0.4, 0.5) is 9.59 Å². The van der Waals surface area contributed by atoms with Crippen LogP contribution in [0.25, 0.3) is 20.8 Å². The number of Topliss-reactive ketones (excluding diaryl/α,β-unsaturated/α-hetero) is 2. The molecule has 3 aromatic rings. The highest BCUT2D eigenvalue weighted by Gasteiger charge is 2.39. The zero-order chi connectivity index (χ0) is 37.1. The van der Waals surface area contributed by atoms with Crippen molar-refractivity contribution in [1.82, 2.24) is 14.8 Å². The Bertz CT molecular complexity index is 1820. The third-order valence-electron chi connectivity index (χ3n) is 8.16. The first-order chi connectivity index (χ1) is 24.0. The number of hydrogen-bond acceptors (Lipinski definition) is 12. The van der Waals surface area contributed by atoms with Gasteiger partial charge in [-0.3, -0.25) is 19.4 Å². The van der Waals surface area contributed by atoms with Crippen LogP contribution in [0.1, 0.15) is 87.9 Å². The molecule has 0 N–H and O–H groups in total. The standard InChI is InChI=1S/C37H43N3O10S/c1-36(2,3)49-34(45)39-17-7-9-26(39)32(43)47-20-28(41)22-11-13-23(14-12-22)31-38-25-16-15-24(19-30(25)51-31)29(42)21-48-33(44)27-10-8-18-40(27)35(46)50-37(4,5)6/h11-16,19,26-27H,7-10,17-18,20-21H2,1-6H3/t26-,27-/m0/s1. The molecule has 0 unspecified atom stereocenters. The molecule has 3 heterocycles. The maximum absolute atomic E-state index is 13.0. The number of benzene rings is 2.